The highest BCUT2D eigenvalue weighted by Crippen LogP contribution is 2.33. The fraction of sp³-hybridized carbons (Fsp3) is 0.364. The number of nitro groups is 1. The van der Waals surface area contributed by atoms with Crippen molar-refractivity contribution in [3.8, 4) is 0 Å². The van der Waals surface area contributed by atoms with Crippen molar-refractivity contribution in [3.05, 3.63) is 33.6 Å². The molecule has 7 nitrogen and oxygen atoms in total. The Hall–Kier alpha value is -2.22. The van der Waals surface area contributed by atoms with Gasteiger partial charge in [0.25, 0.3) is 5.69 Å². The third-order valence-corrected chi connectivity index (χ3v) is 3.06. The van der Waals surface area contributed by atoms with Crippen molar-refractivity contribution in [1.82, 2.24) is 0 Å². The molecular weight excluding hydrogens is 257 g/mol. The van der Waals surface area contributed by atoms with Crippen molar-refractivity contribution in [2.24, 2.45) is 5.73 Å². The van der Waals surface area contributed by atoms with Crippen molar-refractivity contribution >= 4 is 17.3 Å². The largest absolute Gasteiger partial charge is 0.478 e. The van der Waals surface area contributed by atoms with Crippen molar-refractivity contribution in [2.75, 3.05) is 18.0 Å². The molecule has 1 unspecified atom stereocenters. The molecule has 8 heteroatoms. The van der Waals surface area contributed by atoms with Crippen LogP contribution >= 0.6 is 0 Å². The van der Waals surface area contributed by atoms with Crippen LogP contribution in [0.3, 0.4) is 0 Å². The van der Waals surface area contributed by atoms with Crippen LogP contribution in [0.5, 0.6) is 0 Å². The SMILES string of the molecule is NC1CCN(c2cc(C(=O)O)c(F)cc2[N+](=O)[O-])C1. The molecule has 1 atom stereocenters. The van der Waals surface area contributed by atoms with E-state index < -0.39 is 28.0 Å². The minimum absolute atomic E-state index is 0.0942. The summed E-state index contributed by atoms with van der Waals surface area (Å²) in [7, 11) is 0. The van der Waals surface area contributed by atoms with Crippen LogP contribution in [0.1, 0.15) is 16.8 Å². The molecule has 1 saturated heterocycles. The summed E-state index contributed by atoms with van der Waals surface area (Å²) in [5.74, 6) is -2.58. The lowest BCUT2D eigenvalue weighted by Gasteiger charge is -2.18. The van der Waals surface area contributed by atoms with Crippen molar-refractivity contribution in [3.63, 3.8) is 0 Å². The summed E-state index contributed by atoms with van der Waals surface area (Å²) >= 11 is 0. The predicted molar refractivity (Wildman–Crippen MR) is 64.8 cm³/mol. The summed E-state index contributed by atoms with van der Waals surface area (Å²) in [5.41, 5.74) is 4.78. The standard InChI is InChI=1S/C11H12FN3O4/c12-8-4-10(15(18)19)9(3-7(8)11(16)17)14-2-1-6(13)5-14/h3-4,6H,1-2,5,13H2,(H,16,17). The number of carboxylic acid groups (broad SMARTS) is 1. The van der Waals surface area contributed by atoms with Gasteiger partial charge in [0, 0.05) is 19.1 Å². The Kier molecular flexibility index (Phi) is 3.34. The van der Waals surface area contributed by atoms with Gasteiger partial charge in [-0.3, -0.25) is 10.1 Å². The van der Waals surface area contributed by atoms with Crippen LogP contribution in [0.4, 0.5) is 15.8 Å². The Morgan fingerprint density at radius 2 is 2.26 bits per heavy atom. The first-order chi connectivity index (χ1) is 8.90. The number of aromatic carboxylic acids is 1. The number of anilines is 1. The molecule has 0 aliphatic carbocycles. The molecule has 0 spiro atoms. The van der Waals surface area contributed by atoms with E-state index in [4.69, 9.17) is 10.8 Å². The summed E-state index contributed by atoms with van der Waals surface area (Å²) < 4.78 is 13.5. The topological polar surface area (TPSA) is 110 Å². The number of hydrogen-bond donors (Lipinski definition) is 2. The third-order valence-electron chi connectivity index (χ3n) is 3.06. The van der Waals surface area contributed by atoms with Gasteiger partial charge in [-0.2, -0.15) is 0 Å². The van der Waals surface area contributed by atoms with Gasteiger partial charge in [-0.25, -0.2) is 9.18 Å². The molecule has 2 rings (SSSR count). The van der Waals surface area contributed by atoms with E-state index in [9.17, 15) is 19.3 Å². The molecule has 1 aromatic rings. The second kappa shape index (κ2) is 4.81. The average molecular weight is 269 g/mol. The van der Waals surface area contributed by atoms with Gasteiger partial charge in [0.05, 0.1) is 16.6 Å². The van der Waals surface area contributed by atoms with E-state index >= 15 is 0 Å². The van der Waals surface area contributed by atoms with E-state index in [1.807, 2.05) is 0 Å². The second-order valence-corrected chi connectivity index (χ2v) is 4.38. The van der Waals surface area contributed by atoms with E-state index in [1.165, 1.54) is 0 Å². The summed E-state index contributed by atoms with van der Waals surface area (Å²) in [4.78, 5) is 22.7. The summed E-state index contributed by atoms with van der Waals surface area (Å²) in [6.45, 7) is 0.859. The molecular formula is C11H12FN3O4. The normalized spacial score (nSPS) is 18.6. The number of nitrogens with two attached hydrogens (primary N) is 1. The Morgan fingerprint density at radius 3 is 2.74 bits per heavy atom. The van der Waals surface area contributed by atoms with E-state index in [0.717, 1.165) is 6.07 Å². The molecule has 0 radical (unpaired) electrons. The highest BCUT2D eigenvalue weighted by Gasteiger charge is 2.28. The smallest absolute Gasteiger partial charge is 0.338 e. The fourth-order valence-electron chi connectivity index (χ4n) is 2.12. The van der Waals surface area contributed by atoms with E-state index in [1.54, 1.807) is 4.90 Å². The number of nitrogens with zero attached hydrogens (tertiary/aromatic N) is 2. The van der Waals surface area contributed by atoms with Gasteiger partial charge < -0.3 is 15.7 Å². The fourth-order valence-corrected chi connectivity index (χ4v) is 2.12. The maximum absolute atomic E-state index is 13.5. The molecule has 102 valence electrons. The summed E-state index contributed by atoms with van der Waals surface area (Å²) in [5, 5.41) is 19.8. The molecule has 0 saturated carbocycles. The van der Waals surface area contributed by atoms with Crippen molar-refractivity contribution in [2.45, 2.75) is 12.5 Å². The predicted octanol–water partition coefficient (Wildman–Crippen LogP) is 0.969. The second-order valence-electron chi connectivity index (χ2n) is 4.38. The van der Waals surface area contributed by atoms with E-state index in [0.29, 0.717) is 25.6 Å². The van der Waals surface area contributed by atoms with Crippen molar-refractivity contribution < 1.29 is 19.2 Å². The lowest BCUT2D eigenvalue weighted by molar-refractivity contribution is -0.384. The molecule has 1 heterocycles. The summed E-state index contributed by atoms with van der Waals surface area (Å²) in [6, 6.07) is 1.51. The molecule has 1 aliphatic rings. The Morgan fingerprint density at radius 1 is 1.58 bits per heavy atom. The highest BCUT2D eigenvalue weighted by molar-refractivity contribution is 5.90. The van der Waals surface area contributed by atoms with Crippen LogP contribution in [0.2, 0.25) is 0 Å². The Balaban J connectivity index is 2.52. The van der Waals surface area contributed by atoms with E-state index in [2.05, 4.69) is 0 Å². The monoisotopic (exact) mass is 269 g/mol. The van der Waals surface area contributed by atoms with Crippen molar-refractivity contribution in [1.29, 1.82) is 0 Å². The van der Waals surface area contributed by atoms with Gasteiger partial charge in [0.2, 0.25) is 0 Å². The first-order valence-electron chi connectivity index (χ1n) is 5.62. The van der Waals surface area contributed by atoms with Gasteiger partial charge in [0.15, 0.2) is 0 Å². The third kappa shape index (κ3) is 2.48. The number of benzene rings is 1. The maximum atomic E-state index is 13.5. The van der Waals surface area contributed by atoms with Crippen LogP contribution < -0.4 is 10.6 Å². The number of carboxylic acids is 1. The van der Waals surface area contributed by atoms with Gasteiger partial charge in [-0.15, -0.1) is 0 Å². The lowest BCUT2D eigenvalue weighted by Crippen LogP contribution is -2.27. The number of carbonyl (C=O) groups is 1. The first kappa shape index (κ1) is 13.2. The maximum Gasteiger partial charge on any atom is 0.338 e. The van der Waals surface area contributed by atoms with Gasteiger partial charge in [0.1, 0.15) is 11.5 Å². The zero-order valence-corrected chi connectivity index (χ0v) is 9.88. The number of hydrogen-bond acceptors (Lipinski definition) is 5. The van der Waals surface area contributed by atoms with E-state index in [-0.39, 0.29) is 11.7 Å². The minimum atomic E-state index is -1.46. The molecule has 1 aromatic carbocycles. The van der Waals surface area contributed by atoms with Crippen LogP contribution in [0, 0.1) is 15.9 Å². The number of nitro benzene ring substituents is 1. The van der Waals surface area contributed by atoms with Crippen LogP contribution in [0.15, 0.2) is 12.1 Å². The lowest BCUT2D eigenvalue weighted by atomic mass is 10.1. The van der Waals surface area contributed by atoms with Crippen LogP contribution in [-0.2, 0) is 0 Å². The summed E-state index contributed by atoms with van der Waals surface area (Å²) in [6.07, 6.45) is 0.650. The number of halogens is 1. The molecule has 3 N–H and O–H groups in total. The van der Waals surface area contributed by atoms with Crippen LogP contribution in [0.25, 0.3) is 0 Å². The quantitative estimate of drug-likeness (QED) is 0.625. The van der Waals surface area contributed by atoms with Gasteiger partial charge in [-0.05, 0) is 12.5 Å². The zero-order chi connectivity index (χ0) is 14.2. The molecule has 0 bridgehead atoms. The highest BCUT2D eigenvalue weighted by atomic mass is 19.1. The minimum Gasteiger partial charge on any atom is -0.478 e. The molecule has 1 aliphatic heterocycles. The molecule has 1 fully saturated rings. The van der Waals surface area contributed by atoms with Gasteiger partial charge in [-0.1, -0.05) is 0 Å². The Bertz CT molecular complexity index is 549. The molecule has 0 aromatic heterocycles. The average Bonchev–Trinajstić information content (AvgIpc) is 2.74. The first-order valence-corrected chi connectivity index (χ1v) is 5.62. The molecule has 19 heavy (non-hydrogen) atoms. The van der Waals surface area contributed by atoms with Gasteiger partial charge >= 0.3 is 5.97 Å². The van der Waals surface area contributed by atoms with Crippen LogP contribution in [-0.4, -0.2) is 35.1 Å². The number of rotatable bonds is 3. The molecule has 0 amide bonds. The zero-order valence-electron chi connectivity index (χ0n) is 9.88. The Labute approximate surface area is 107 Å².